The third-order valence-electron chi connectivity index (χ3n) is 5.30. The average molecular weight is 631 g/mol. The summed E-state index contributed by atoms with van der Waals surface area (Å²) in [6, 6.07) is 33.3. The number of hydrogen-bond donors (Lipinski definition) is 0. The van der Waals surface area contributed by atoms with Crippen LogP contribution in [0.2, 0.25) is 0 Å². The van der Waals surface area contributed by atoms with Crippen LogP contribution in [-0.4, -0.2) is 9.97 Å². The Hall–Kier alpha value is -4.10. The second-order valence-corrected chi connectivity index (χ2v) is 7.64. The van der Waals surface area contributed by atoms with Crippen molar-refractivity contribution in [3.63, 3.8) is 0 Å². The molecule has 0 fully saturated rings. The van der Waals surface area contributed by atoms with Gasteiger partial charge in [0.15, 0.2) is 0 Å². The maximum absolute atomic E-state index is 9.06. The first-order valence-electron chi connectivity index (χ1n) is 11.2. The summed E-state index contributed by atoms with van der Waals surface area (Å²) in [6.45, 7) is 2.05. The van der Waals surface area contributed by atoms with Gasteiger partial charge in [-0.25, -0.2) is 0 Å². The van der Waals surface area contributed by atoms with Gasteiger partial charge in [-0.15, -0.1) is 71.3 Å². The smallest absolute Gasteiger partial charge is 0.135 e. The largest absolute Gasteiger partial charge is 0.464 e. The molecule has 0 amide bonds. The minimum atomic E-state index is 0. The van der Waals surface area contributed by atoms with E-state index in [-0.39, 0.29) is 26.1 Å². The zero-order chi connectivity index (χ0) is 24.2. The van der Waals surface area contributed by atoms with Gasteiger partial charge < -0.3 is 14.4 Å². The summed E-state index contributed by atoms with van der Waals surface area (Å²) >= 11 is 0. The van der Waals surface area contributed by atoms with Gasteiger partial charge in [0.25, 0.3) is 0 Å². The van der Waals surface area contributed by atoms with Gasteiger partial charge in [0.1, 0.15) is 11.2 Å². The zero-order valence-corrected chi connectivity index (χ0v) is 21.1. The maximum atomic E-state index is 9.06. The van der Waals surface area contributed by atoms with Gasteiger partial charge >= 0.3 is 0 Å². The number of furan rings is 1. The molecule has 4 nitrogen and oxygen atoms in total. The average Bonchev–Trinajstić information content (AvgIpc) is 3.31. The molecule has 3 heterocycles. The minimum absolute atomic E-state index is 0. The van der Waals surface area contributed by atoms with E-state index in [1.165, 1.54) is 5.56 Å². The molecule has 0 spiro atoms. The molecule has 0 atom stereocenters. The molecule has 3 aromatic heterocycles. The fourth-order valence-corrected chi connectivity index (χ4v) is 3.61. The Labute approximate surface area is 218 Å². The molecule has 0 saturated carbocycles. The number of aromatic nitrogens is 2. The Bertz CT molecular complexity index is 1660. The molecule has 0 unspecified atom stereocenters. The first kappa shape index (κ1) is 22.7. The number of nitriles is 1. The van der Waals surface area contributed by atoms with Crippen molar-refractivity contribution in [3.05, 3.63) is 121 Å². The minimum Gasteiger partial charge on any atom is -0.464 e. The molecule has 0 N–H and O–H groups in total. The quantitative estimate of drug-likeness (QED) is 0.190. The fourth-order valence-electron chi connectivity index (χ4n) is 3.61. The molecule has 0 aliphatic carbocycles. The van der Waals surface area contributed by atoms with Crippen molar-refractivity contribution in [3.8, 4) is 28.6 Å². The van der Waals surface area contributed by atoms with Crippen LogP contribution in [0.25, 0.3) is 44.5 Å². The van der Waals surface area contributed by atoms with Crippen LogP contribution in [0.4, 0.5) is 0 Å². The summed E-state index contributed by atoms with van der Waals surface area (Å²) in [6.07, 6.45) is 3.51. The van der Waals surface area contributed by atoms with Crippen molar-refractivity contribution in [1.29, 1.82) is 5.26 Å². The third-order valence-corrected chi connectivity index (χ3v) is 5.30. The number of nitrogens with zero attached hydrogens (tertiary/aromatic N) is 3. The number of pyridine rings is 2. The molecule has 1 radical (unpaired) electrons. The van der Waals surface area contributed by atoms with Crippen molar-refractivity contribution < 1.29 is 25.9 Å². The van der Waals surface area contributed by atoms with Crippen LogP contribution in [0, 0.1) is 30.4 Å². The van der Waals surface area contributed by atoms with Gasteiger partial charge in [-0.2, -0.15) is 5.26 Å². The van der Waals surface area contributed by atoms with Gasteiger partial charge in [0.2, 0.25) is 0 Å². The van der Waals surface area contributed by atoms with Crippen LogP contribution < -0.4 is 0 Å². The molecular weight excluding hydrogens is 611 g/mol. The predicted octanol–water partition coefficient (Wildman–Crippen LogP) is 7.17. The Morgan fingerprint density at radius 2 is 1.77 bits per heavy atom. The Morgan fingerprint density at radius 3 is 2.49 bits per heavy atom. The van der Waals surface area contributed by atoms with Gasteiger partial charge in [0.05, 0.1) is 13.0 Å². The summed E-state index contributed by atoms with van der Waals surface area (Å²) in [7, 11) is 0. The standard InChI is InChI=1S/C18H9N2O.C12H10N.Ir/c19-11-12-6-7-14-15-8-9-20-17(13-4-2-1-3-5-13)18(15)21-16(14)10-12;1-10-5-7-11(8-6-10)12-4-2-3-9-13-12;/h1-4,6-10H;2-7,9H,1H3;/q2*-1;/i10D;;. The molecule has 0 aliphatic heterocycles. The van der Waals surface area contributed by atoms with Crippen molar-refractivity contribution in [2.75, 3.05) is 0 Å². The molecule has 5 heteroatoms. The summed E-state index contributed by atoms with van der Waals surface area (Å²) in [5.41, 5.74) is 6.09. The number of rotatable bonds is 2. The third kappa shape index (κ3) is 5.20. The summed E-state index contributed by atoms with van der Waals surface area (Å²) in [4.78, 5) is 8.64. The van der Waals surface area contributed by atoms with Gasteiger partial charge in [0, 0.05) is 49.0 Å². The number of aryl methyl sites for hydroxylation is 1. The van der Waals surface area contributed by atoms with Gasteiger partial charge in [-0.1, -0.05) is 19.1 Å². The molecular formula is C30H19IrN3O-2. The SMILES string of the molecule is Cc1c[c-]c(-c2ccccn2)cc1.[2H]c1c(C#N)ccc2c1oc1c(-c3[c-]cccc3)nccc12.[Ir]. The summed E-state index contributed by atoms with van der Waals surface area (Å²) < 4.78 is 14.0. The molecule has 6 aromatic rings. The molecule has 0 aliphatic rings. The Balaban J connectivity index is 0.000000187. The number of fused-ring (bicyclic) bond motifs is 3. The van der Waals surface area contributed by atoms with E-state index in [4.69, 9.17) is 11.0 Å². The molecule has 6 rings (SSSR count). The topological polar surface area (TPSA) is 62.7 Å². The van der Waals surface area contributed by atoms with E-state index in [1.54, 1.807) is 18.5 Å². The van der Waals surface area contributed by atoms with E-state index in [0.717, 1.165) is 27.6 Å². The van der Waals surface area contributed by atoms with Crippen LogP contribution in [0.1, 0.15) is 12.5 Å². The van der Waals surface area contributed by atoms with Gasteiger partial charge in [-0.3, -0.25) is 0 Å². The fraction of sp³-hybridized carbons (Fsp3) is 0.0333. The van der Waals surface area contributed by atoms with E-state index < -0.39 is 0 Å². The second-order valence-electron chi connectivity index (χ2n) is 7.64. The van der Waals surface area contributed by atoms with Crippen molar-refractivity contribution in [2.45, 2.75) is 6.92 Å². The molecule has 35 heavy (non-hydrogen) atoms. The van der Waals surface area contributed by atoms with E-state index >= 15 is 0 Å². The van der Waals surface area contributed by atoms with Crippen LogP contribution in [0.15, 0.2) is 102 Å². The van der Waals surface area contributed by atoms with E-state index in [1.807, 2.05) is 72.8 Å². The van der Waals surface area contributed by atoms with Crippen LogP contribution in [0.5, 0.6) is 0 Å². The summed E-state index contributed by atoms with van der Waals surface area (Å²) in [5.74, 6) is 0. The monoisotopic (exact) mass is 631 g/mol. The van der Waals surface area contributed by atoms with Crippen LogP contribution in [-0.2, 0) is 20.1 Å². The molecule has 0 bridgehead atoms. The summed E-state index contributed by atoms with van der Waals surface area (Å²) in [5, 5.41) is 10.8. The molecule has 171 valence electrons. The number of benzene rings is 3. The second kappa shape index (κ2) is 10.9. The number of hydrogen-bond acceptors (Lipinski definition) is 4. The van der Waals surface area contributed by atoms with E-state index in [2.05, 4.69) is 35.1 Å². The predicted molar refractivity (Wildman–Crippen MR) is 134 cm³/mol. The Morgan fingerprint density at radius 1 is 0.886 bits per heavy atom. The van der Waals surface area contributed by atoms with E-state index in [9.17, 15) is 0 Å². The van der Waals surface area contributed by atoms with Crippen LogP contribution >= 0.6 is 0 Å². The normalized spacial score (nSPS) is 10.6. The first-order valence-corrected chi connectivity index (χ1v) is 10.7. The first-order chi connectivity index (χ1) is 17.2. The Kier molecular flexibility index (Phi) is 7.05. The van der Waals surface area contributed by atoms with Crippen LogP contribution in [0.3, 0.4) is 0 Å². The molecule has 0 saturated heterocycles. The van der Waals surface area contributed by atoms with Crippen molar-refractivity contribution >= 4 is 21.9 Å². The zero-order valence-electron chi connectivity index (χ0n) is 19.7. The van der Waals surface area contributed by atoms with Gasteiger partial charge in [-0.05, 0) is 36.0 Å². The maximum Gasteiger partial charge on any atom is 0.135 e. The van der Waals surface area contributed by atoms with Crippen molar-refractivity contribution in [1.82, 2.24) is 9.97 Å². The van der Waals surface area contributed by atoms with E-state index in [0.29, 0.717) is 22.4 Å². The molecule has 3 aromatic carbocycles. The van der Waals surface area contributed by atoms with Crippen molar-refractivity contribution in [2.24, 2.45) is 0 Å².